The molecule has 110 valence electrons. The number of carboxylic acids is 1. The number of benzene rings is 1. The van der Waals surface area contributed by atoms with E-state index in [1.165, 1.54) is 0 Å². The zero-order valence-electron chi connectivity index (χ0n) is 11.9. The van der Waals surface area contributed by atoms with Crippen LogP contribution in [-0.4, -0.2) is 36.2 Å². The SMILES string of the molecule is COc1ccc(Cl)cc1CN1CCCC(C)(C(=O)O)C1. The molecule has 4 nitrogen and oxygen atoms in total. The number of likely N-dealkylation sites (tertiary alicyclic amines) is 1. The average Bonchev–Trinajstić information content (AvgIpc) is 2.39. The van der Waals surface area contributed by atoms with Crippen molar-refractivity contribution in [2.75, 3.05) is 20.2 Å². The lowest BCUT2D eigenvalue weighted by Gasteiger charge is -2.37. The lowest BCUT2D eigenvalue weighted by molar-refractivity contribution is -0.151. The van der Waals surface area contributed by atoms with Crippen LogP contribution in [0.25, 0.3) is 0 Å². The lowest BCUT2D eigenvalue weighted by atomic mass is 9.82. The molecule has 1 aliphatic rings. The van der Waals surface area contributed by atoms with Gasteiger partial charge in [-0.25, -0.2) is 0 Å². The average molecular weight is 298 g/mol. The summed E-state index contributed by atoms with van der Waals surface area (Å²) >= 11 is 6.03. The van der Waals surface area contributed by atoms with Crippen molar-refractivity contribution >= 4 is 17.6 Å². The van der Waals surface area contributed by atoms with Gasteiger partial charge in [-0.05, 0) is 44.5 Å². The van der Waals surface area contributed by atoms with Gasteiger partial charge in [0.2, 0.25) is 0 Å². The highest BCUT2D eigenvalue weighted by Crippen LogP contribution is 2.32. The highest BCUT2D eigenvalue weighted by atomic mass is 35.5. The summed E-state index contributed by atoms with van der Waals surface area (Å²) in [6.45, 7) is 3.93. The van der Waals surface area contributed by atoms with Crippen LogP contribution in [0.1, 0.15) is 25.3 Å². The van der Waals surface area contributed by atoms with E-state index < -0.39 is 11.4 Å². The number of ether oxygens (including phenoxy) is 1. The van der Waals surface area contributed by atoms with Gasteiger partial charge in [0.25, 0.3) is 0 Å². The highest BCUT2D eigenvalue weighted by molar-refractivity contribution is 6.30. The van der Waals surface area contributed by atoms with Crippen molar-refractivity contribution in [3.8, 4) is 5.75 Å². The number of carboxylic acid groups (broad SMARTS) is 1. The number of hydrogen-bond acceptors (Lipinski definition) is 3. The predicted octanol–water partition coefficient (Wildman–Crippen LogP) is 3.04. The topological polar surface area (TPSA) is 49.8 Å². The largest absolute Gasteiger partial charge is 0.496 e. The second-order valence-electron chi connectivity index (χ2n) is 5.64. The van der Waals surface area contributed by atoms with Crippen LogP contribution in [0.2, 0.25) is 5.02 Å². The first-order valence-corrected chi connectivity index (χ1v) is 7.10. The van der Waals surface area contributed by atoms with E-state index in [1.54, 1.807) is 13.2 Å². The molecule has 1 aromatic carbocycles. The lowest BCUT2D eigenvalue weighted by Crippen LogP contribution is -2.45. The van der Waals surface area contributed by atoms with E-state index in [4.69, 9.17) is 16.3 Å². The Hall–Kier alpha value is -1.26. The molecule has 1 N–H and O–H groups in total. The Kier molecular flexibility index (Phi) is 4.55. The molecule has 0 aliphatic carbocycles. The molecule has 20 heavy (non-hydrogen) atoms. The molecule has 0 bridgehead atoms. The first kappa shape index (κ1) is 15.1. The maximum atomic E-state index is 11.4. The summed E-state index contributed by atoms with van der Waals surface area (Å²) < 4.78 is 5.34. The van der Waals surface area contributed by atoms with Gasteiger partial charge < -0.3 is 9.84 Å². The number of nitrogens with zero attached hydrogens (tertiary/aromatic N) is 1. The van der Waals surface area contributed by atoms with Gasteiger partial charge in [0.1, 0.15) is 5.75 Å². The summed E-state index contributed by atoms with van der Waals surface area (Å²) in [6.07, 6.45) is 1.62. The predicted molar refractivity (Wildman–Crippen MR) is 78.3 cm³/mol. The number of methoxy groups -OCH3 is 1. The zero-order valence-corrected chi connectivity index (χ0v) is 12.6. The van der Waals surface area contributed by atoms with Crippen LogP contribution in [0.4, 0.5) is 0 Å². The number of halogens is 1. The maximum absolute atomic E-state index is 11.4. The smallest absolute Gasteiger partial charge is 0.310 e. The third kappa shape index (κ3) is 3.25. The Labute approximate surface area is 124 Å². The molecule has 2 rings (SSSR count). The number of carbonyl (C=O) groups is 1. The third-order valence-corrected chi connectivity index (χ3v) is 4.16. The second-order valence-corrected chi connectivity index (χ2v) is 6.07. The first-order chi connectivity index (χ1) is 9.44. The van der Waals surface area contributed by atoms with Crippen LogP contribution in [0.3, 0.4) is 0 Å². The molecule has 1 aliphatic heterocycles. The molecule has 0 aromatic heterocycles. The fourth-order valence-corrected chi connectivity index (χ4v) is 2.96. The van der Waals surface area contributed by atoms with Crippen LogP contribution in [-0.2, 0) is 11.3 Å². The van der Waals surface area contributed by atoms with Crippen molar-refractivity contribution in [1.82, 2.24) is 4.90 Å². The Morgan fingerprint density at radius 2 is 2.30 bits per heavy atom. The van der Waals surface area contributed by atoms with Crippen molar-refractivity contribution in [2.24, 2.45) is 5.41 Å². The molecule has 1 heterocycles. The second kappa shape index (κ2) is 6.02. The number of piperidine rings is 1. The molecule has 0 saturated carbocycles. The molecule has 1 aromatic rings. The van der Waals surface area contributed by atoms with Crippen LogP contribution in [0.15, 0.2) is 18.2 Å². The van der Waals surface area contributed by atoms with E-state index in [1.807, 2.05) is 19.1 Å². The van der Waals surface area contributed by atoms with E-state index in [2.05, 4.69) is 4.90 Å². The van der Waals surface area contributed by atoms with Crippen LogP contribution >= 0.6 is 11.6 Å². The van der Waals surface area contributed by atoms with Gasteiger partial charge in [-0.1, -0.05) is 11.6 Å². The quantitative estimate of drug-likeness (QED) is 0.928. The van der Waals surface area contributed by atoms with Crippen LogP contribution in [0.5, 0.6) is 5.75 Å². The minimum absolute atomic E-state index is 0.554. The summed E-state index contributed by atoms with van der Waals surface area (Å²) in [7, 11) is 1.63. The van der Waals surface area contributed by atoms with Gasteiger partial charge in [-0.3, -0.25) is 9.69 Å². The van der Waals surface area contributed by atoms with Crippen LogP contribution in [0, 0.1) is 5.41 Å². The van der Waals surface area contributed by atoms with Gasteiger partial charge in [0, 0.05) is 23.7 Å². The third-order valence-electron chi connectivity index (χ3n) is 3.93. The minimum atomic E-state index is -0.722. The van der Waals surface area contributed by atoms with E-state index in [-0.39, 0.29) is 0 Å². The van der Waals surface area contributed by atoms with E-state index in [0.717, 1.165) is 30.7 Å². The summed E-state index contributed by atoms with van der Waals surface area (Å²) in [5, 5.41) is 10.0. The van der Waals surface area contributed by atoms with Crippen LogP contribution < -0.4 is 4.74 Å². The van der Waals surface area contributed by atoms with E-state index in [0.29, 0.717) is 18.1 Å². The fraction of sp³-hybridized carbons (Fsp3) is 0.533. The van der Waals surface area contributed by atoms with E-state index in [9.17, 15) is 9.90 Å². The highest BCUT2D eigenvalue weighted by Gasteiger charge is 2.37. The molecule has 0 amide bonds. The molecule has 1 saturated heterocycles. The molecular weight excluding hydrogens is 278 g/mol. The van der Waals surface area contributed by atoms with Crippen molar-refractivity contribution in [2.45, 2.75) is 26.3 Å². The molecule has 1 unspecified atom stereocenters. The molecule has 5 heteroatoms. The summed E-state index contributed by atoms with van der Waals surface area (Å²) in [4.78, 5) is 13.5. The van der Waals surface area contributed by atoms with Gasteiger partial charge in [0.05, 0.1) is 12.5 Å². The Bertz CT molecular complexity index is 506. The standard InChI is InChI=1S/C15H20ClNO3/c1-15(14(18)19)6-3-7-17(10-15)9-11-8-12(16)4-5-13(11)20-2/h4-5,8H,3,6-7,9-10H2,1-2H3,(H,18,19). The first-order valence-electron chi connectivity index (χ1n) is 6.73. The van der Waals surface area contributed by atoms with Gasteiger partial charge in [-0.15, -0.1) is 0 Å². The number of aliphatic carboxylic acids is 1. The normalized spacial score (nSPS) is 23.6. The Morgan fingerprint density at radius 3 is 2.95 bits per heavy atom. The van der Waals surface area contributed by atoms with Crippen molar-refractivity contribution in [1.29, 1.82) is 0 Å². The molecule has 1 atom stereocenters. The molecule has 0 radical (unpaired) electrons. The summed E-state index contributed by atoms with van der Waals surface area (Å²) in [5.41, 5.74) is 0.332. The van der Waals surface area contributed by atoms with Gasteiger partial charge in [0.15, 0.2) is 0 Å². The molecule has 0 spiro atoms. The molecule has 1 fully saturated rings. The Morgan fingerprint density at radius 1 is 1.55 bits per heavy atom. The van der Waals surface area contributed by atoms with E-state index >= 15 is 0 Å². The fourth-order valence-electron chi connectivity index (χ4n) is 2.77. The number of hydrogen-bond donors (Lipinski definition) is 1. The Balaban J connectivity index is 2.14. The minimum Gasteiger partial charge on any atom is -0.496 e. The maximum Gasteiger partial charge on any atom is 0.310 e. The monoisotopic (exact) mass is 297 g/mol. The van der Waals surface area contributed by atoms with Gasteiger partial charge >= 0.3 is 5.97 Å². The summed E-state index contributed by atoms with van der Waals surface area (Å²) in [6, 6.07) is 5.52. The number of rotatable bonds is 4. The molecular formula is C15H20ClNO3. The van der Waals surface area contributed by atoms with Crippen molar-refractivity contribution < 1.29 is 14.6 Å². The van der Waals surface area contributed by atoms with Gasteiger partial charge in [-0.2, -0.15) is 0 Å². The van der Waals surface area contributed by atoms with Crippen molar-refractivity contribution in [3.05, 3.63) is 28.8 Å². The zero-order chi connectivity index (χ0) is 14.8. The van der Waals surface area contributed by atoms with Crippen molar-refractivity contribution in [3.63, 3.8) is 0 Å². The summed E-state index contributed by atoms with van der Waals surface area (Å²) in [5.74, 6) is 0.0669.